The van der Waals surface area contributed by atoms with Crippen LogP contribution in [-0.4, -0.2) is 79.7 Å². The van der Waals surface area contributed by atoms with Crippen LogP contribution in [0.1, 0.15) is 0 Å². The number of hydrogen-bond donors (Lipinski definition) is 0. The highest BCUT2D eigenvalue weighted by molar-refractivity contribution is 5.87. The molecule has 0 amide bonds. The summed E-state index contributed by atoms with van der Waals surface area (Å²) in [5.74, 6) is 4.81. The Hall–Kier alpha value is -16.7. The average Bonchev–Trinajstić information content (AvgIpc) is 0.761. The molecule has 10 aromatic carbocycles. The molecule has 0 N–H and O–H groups in total. The van der Waals surface area contributed by atoms with Crippen molar-refractivity contribution in [2.24, 2.45) is 0 Å². The summed E-state index contributed by atoms with van der Waals surface area (Å²) >= 11 is 0. The molecule has 20 aromatic rings. The Labute approximate surface area is 692 Å². The number of hydrogen-bond acceptors (Lipinski definition) is 16. The van der Waals surface area contributed by atoms with Gasteiger partial charge >= 0.3 is 0 Å². The predicted molar refractivity (Wildman–Crippen MR) is 475 cm³/mol. The first-order chi connectivity index (χ1) is 59.4. The van der Waals surface area contributed by atoms with Gasteiger partial charge in [0.15, 0.2) is 46.6 Å². The summed E-state index contributed by atoms with van der Waals surface area (Å²) in [6, 6.07) is 129. The third-order valence-corrected chi connectivity index (χ3v) is 20.2. The molecule has 0 fully saturated rings. The van der Waals surface area contributed by atoms with Gasteiger partial charge in [0.05, 0.1) is 68.3 Å². The van der Waals surface area contributed by atoms with Crippen molar-refractivity contribution in [1.29, 1.82) is 0 Å². The van der Waals surface area contributed by atoms with E-state index in [-0.39, 0.29) is 0 Å². The van der Waals surface area contributed by atoms with Gasteiger partial charge in [-0.15, -0.1) is 0 Å². The van der Waals surface area contributed by atoms with E-state index in [4.69, 9.17) is 74.8 Å². The Balaban J connectivity index is 0.000000159. The van der Waals surface area contributed by atoms with Crippen LogP contribution in [0.15, 0.2) is 413 Å². The highest BCUT2D eigenvalue weighted by atomic mass is 15.0. The second-order valence-corrected chi connectivity index (χ2v) is 28.1. The zero-order chi connectivity index (χ0) is 80.2. The Morgan fingerprint density at radius 3 is 0.783 bits per heavy atom. The van der Waals surface area contributed by atoms with Crippen LogP contribution in [0, 0.1) is 0 Å². The smallest absolute Gasteiger partial charge is 0.164 e. The summed E-state index contributed by atoms with van der Waals surface area (Å²) in [4.78, 5) is 79.2. The first-order valence-corrected chi connectivity index (χ1v) is 39.2. The van der Waals surface area contributed by atoms with Gasteiger partial charge in [-0.25, -0.2) is 59.8 Å². The first kappa shape index (κ1) is 73.5. The molecule has 16 nitrogen and oxygen atoms in total. The van der Waals surface area contributed by atoms with Gasteiger partial charge in [-0.05, 0) is 107 Å². The van der Waals surface area contributed by atoms with Crippen LogP contribution < -0.4 is 0 Å². The second-order valence-electron chi connectivity index (χ2n) is 28.1. The lowest BCUT2D eigenvalue weighted by atomic mass is 9.97. The molecule has 0 atom stereocenters. The molecular formula is C104H68N16. The normalized spacial score (nSPS) is 11.0. The Morgan fingerprint density at radius 1 is 0.117 bits per heavy atom. The van der Waals surface area contributed by atoms with Gasteiger partial charge < -0.3 is 0 Å². The molecule has 0 aliphatic rings. The van der Waals surface area contributed by atoms with Crippen molar-refractivity contribution in [1.82, 2.24) is 79.7 Å². The summed E-state index contributed by atoms with van der Waals surface area (Å²) in [6.45, 7) is 0. The third-order valence-electron chi connectivity index (χ3n) is 20.2. The Kier molecular flexibility index (Phi) is 20.9. The van der Waals surface area contributed by atoms with E-state index in [2.05, 4.69) is 102 Å². The highest BCUT2D eigenvalue weighted by Crippen LogP contribution is 2.39. The van der Waals surface area contributed by atoms with Gasteiger partial charge in [0, 0.05) is 91.5 Å². The van der Waals surface area contributed by atoms with Crippen molar-refractivity contribution in [3.8, 4) is 204 Å². The van der Waals surface area contributed by atoms with Crippen LogP contribution in [0.5, 0.6) is 0 Å². The molecule has 0 radical (unpaired) electrons. The minimum absolute atomic E-state index is 0.559. The van der Waals surface area contributed by atoms with E-state index in [1.165, 1.54) is 0 Å². The zero-order valence-corrected chi connectivity index (χ0v) is 64.4. The Bertz CT molecular complexity index is 6540. The van der Waals surface area contributed by atoms with Crippen LogP contribution in [-0.2, 0) is 0 Å². The summed E-state index contributed by atoms with van der Waals surface area (Å²) < 4.78 is 0. The summed E-state index contributed by atoms with van der Waals surface area (Å²) in [7, 11) is 0. The van der Waals surface area contributed by atoms with Crippen molar-refractivity contribution in [2.45, 2.75) is 0 Å². The third kappa shape index (κ3) is 16.5. The molecule has 0 aliphatic carbocycles. The van der Waals surface area contributed by atoms with Crippen molar-refractivity contribution in [3.05, 3.63) is 413 Å². The molecule has 10 heterocycles. The maximum absolute atomic E-state index is 5.18. The van der Waals surface area contributed by atoms with Gasteiger partial charge in [0.1, 0.15) is 0 Å². The van der Waals surface area contributed by atoms with Crippen molar-refractivity contribution >= 4 is 0 Å². The highest BCUT2D eigenvalue weighted by Gasteiger charge is 2.22. The number of rotatable bonds is 18. The molecule has 0 bridgehead atoms. The van der Waals surface area contributed by atoms with Crippen molar-refractivity contribution in [3.63, 3.8) is 0 Å². The van der Waals surface area contributed by atoms with Crippen LogP contribution in [0.2, 0.25) is 0 Å². The maximum Gasteiger partial charge on any atom is 0.164 e. The van der Waals surface area contributed by atoms with Crippen LogP contribution in [0.4, 0.5) is 0 Å². The van der Waals surface area contributed by atoms with E-state index in [1.54, 1.807) is 18.6 Å². The second kappa shape index (κ2) is 34.1. The fourth-order valence-electron chi connectivity index (χ4n) is 14.1. The van der Waals surface area contributed by atoms with Crippen molar-refractivity contribution in [2.75, 3.05) is 0 Å². The topological polar surface area (TPSA) is 206 Å². The fourth-order valence-corrected chi connectivity index (χ4v) is 14.1. The summed E-state index contributed by atoms with van der Waals surface area (Å²) in [5.41, 5.74) is 23.8. The summed E-state index contributed by atoms with van der Waals surface area (Å²) in [6.07, 6.45) is 7.18. The van der Waals surface area contributed by atoms with Crippen LogP contribution in [0.3, 0.4) is 0 Å². The maximum atomic E-state index is 5.18. The Morgan fingerprint density at radius 2 is 0.400 bits per heavy atom. The van der Waals surface area contributed by atoms with Gasteiger partial charge in [-0.2, -0.15) is 0 Å². The molecule has 0 unspecified atom stereocenters. The average molecular weight is 1540 g/mol. The molecule has 20 rings (SSSR count). The van der Waals surface area contributed by atoms with Crippen molar-refractivity contribution < 1.29 is 0 Å². The lowest BCUT2D eigenvalue weighted by molar-refractivity contribution is 1.07. The zero-order valence-electron chi connectivity index (χ0n) is 64.4. The molecule has 0 saturated heterocycles. The molecule has 10 aromatic heterocycles. The minimum atomic E-state index is 0.559. The van der Waals surface area contributed by atoms with E-state index in [1.807, 2.05) is 297 Å². The standard InChI is InChI=1S/2C52H34N8/c1-5-17-35(18-6-1)44-34-45(57-49(56-44)36-19-7-2-8-20-36)39-28-30-54-46(31-39)48-33-40(32-47(55-48)43-27-15-16-29-53-43)41-25-13-14-26-42(41)52-59-50(37-21-9-3-10-22-37)58-51(60-52)38-23-11-4-12-24-38;1-5-15-36(16-6-1)45-33-46(37-17-7-2-8-18-37)57-52(56-45)41-28-29-44(54-34-41)48-32-42(31-47(55-48)43-23-13-14-30-53-43)35-24-26-40(27-25-35)51-59-49(38-19-9-3-10-20-38)58-50(60-51)39-21-11-4-12-22-39/h2*1-34H. The van der Waals surface area contributed by atoms with E-state index in [0.717, 1.165) is 129 Å². The molecule has 0 aliphatic heterocycles. The van der Waals surface area contributed by atoms with Gasteiger partial charge in [0.25, 0.3) is 0 Å². The van der Waals surface area contributed by atoms with Gasteiger partial charge in [-0.3, -0.25) is 19.9 Å². The molecule has 0 spiro atoms. The number of aromatic nitrogens is 16. The number of benzene rings is 10. The number of nitrogens with zero attached hydrogens (tertiary/aromatic N) is 16. The SMILES string of the molecule is c1ccc(-c2cc(-c3ccccc3)nc(-c3ccc(-c4cc(-c5ccc(-c6nc(-c7ccccc7)nc(-c7ccccc7)n6)cc5)cc(-c5ccccn5)n4)nc3)n2)cc1.c1ccc(-c2cc(-c3ccnc(-c4cc(-c5ccccc5-c5nc(-c6ccccc6)nc(-c6ccccc6)n5)cc(-c5ccccn5)n4)c3)nc(-c3ccccc3)n2)cc1. The van der Waals surface area contributed by atoms with E-state index in [9.17, 15) is 0 Å². The number of pyridine rings is 6. The lowest BCUT2D eigenvalue weighted by Gasteiger charge is -2.14. The van der Waals surface area contributed by atoms with Gasteiger partial charge in [0.2, 0.25) is 0 Å². The van der Waals surface area contributed by atoms with Crippen LogP contribution in [0.25, 0.3) is 204 Å². The first-order valence-electron chi connectivity index (χ1n) is 39.2. The van der Waals surface area contributed by atoms with Gasteiger partial charge in [-0.1, -0.05) is 303 Å². The van der Waals surface area contributed by atoms with E-state index in [0.29, 0.717) is 75.1 Å². The molecule has 564 valence electrons. The molecule has 0 saturated carbocycles. The molecule has 120 heavy (non-hydrogen) atoms. The van der Waals surface area contributed by atoms with E-state index < -0.39 is 0 Å². The van der Waals surface area contributed by atoms with Crippen LogP contribution >= 0.6 is 0 Å². The molecular weight excluding hydrogens is 1470 g/mol. The fraction of sp³-hybridized carbons (Fsp3) is 0. The van der Waals surface area contributed by atoms with E-state index >= 15 is 0 Å². The quantitative estimate of drug-likeness (QED) is 0.0783. The lowest BCUT2D eigenvalue weighted by Crippen LogP contribution is -2.01. The predicted octanol–water partition coefficient (Wildman–Crippen LogP) is 23.7. The molecule has 16 heteroatoms. The largest absolute Gasteiger partial charge is 0.255 e. The summed E-state index contributed by atoms with van der Waals surface area (Å²) in [5, 5.41) is 0. The minimum Gasteiger partial charge on any atom is -0.255 e. The monoisotopic (exact) mass is 1540 g/mol.